The Morgan fingerprint density at radius 3 is 2.59 bits per heavy atom. The van der Waals surface area contributed by atoms with Crippen LogP contribution in [0.1, 0.15) is 13.3 Å². The second-order valence-electron chi connectivity index (χ2n) is 8.02. The van der Waals surface area contributed by atoms with E-state index in [4.69, 9.17) is 4.74 Å². The van der Waals surface area contributed by atoms with E-state index in [-0.39, 0.29) is 25.6 Å². The summed E-state index contributed by atoms with van der Waals surface area (Å²) in [6.45, 7) is 9.29. The highest BCUT2D eigenvalue weighted by Gasteiger charge is 2.59. The van der Waals surface area contributed by atoms with Gasteiger partial charge in [0.2, 0.25) is 15.9 Å². The number of morpholine rings is 1. The number of nitrogens with one attached hydrogen (secondary N) is 2. The second kappa shape index (κ2) is 9.25. The summed E-state index contributed by atoms with van der Waals surface area (Å²) >= 11 is 0. The van der Waals surface area contributed by atoms with Crippen molar-refractivity contribution in [3.8, 4) is 0 Å². The van der Waals surface area contributed by atoms with Gasteiger partial charge in [0.05, 0.1) is 25.3 Å². The van der Waals surface area contributed by atoms with Crippen molar-refractivity contribution in [3.63, 3.8) is 0 Å². The third-order valence-electron chi connectivity index (χ3n) is 6.14. The molecular weight excluding hydrogens is 398 g/mol. The minimum Gasteiger partial charge on any atom is -0.361 e. The molecule has 10 nitrogen and oxygen atoms in total. The minimum absolute atomic E-state index is 0.0446. The summed E-state index contributed by atoms with van der Waals surface area (Å²) in [6.07, 6.45) is 1.89. The molecule has 3 fully saturated rings. The molecule has 3 rings (SSSR count). The molecule has 0 radical (unpaired) electrons. The Kier molecular flexibility index (Phi) is 7.15. The normalized spacial score (nSPS) is 29.9. The summed E-state index contributed by atoms with van der Waals surface area (Å²) in [5, 5.41) is 5.60. The summed E-state index contributed by atoms with van der Waals surface area (Å²) in [5.74, 6) is -1.60. The van der Waals surface area contributed by atoms with Gasteiger partial charge >= 0.3 is 0 Å². The molecule has 29 heavy (non-hydrogen) atoms. The van der Waals surface area contributed by atoms with Gasteiger partial charge < -0.3 is 25.2 Å². The highest BCUT2D eigenvalue weighted by atomic mass is 32.2. The van der Waals surface area contributed by atoms with Crippen LogP contribution in [0.25, 0.3) is 0 Å². The van der Waals surface area contributed by atoms with E-state index < -0.39 is 27.4 Å². The standard InChI is InChI=1S/C18H33N5O5S/c1-3-21-8-10-22(11-9-21)7-4-5-19-16(24)15-13-23(29(2,26)27)14-18(15)17(25)20-6-12-28-18/h15H,3-14H2,1-2H3,(H,19,24)(H,20,25)/t15-,18-/m1/s1. The molecule has 2 N–H and O–H groups in total. The van der Waals surface area contributed by atoms with E-state index in [1.54, 1.807) is 0 Å². The molecular formula is C18H33N5O5S. The molecule has 3 saturated heterocycles. The molecule has 3 heterocycles. The zero-order valence-electron chi connectivity index (χ0n) is 17.4. The maximum atomic E-state index is 12.9. The first-order valence-electron chi connectivity index (χ1n) is 10.4. The van der Waals surface area contributed by atoms with Crippen LogP contribution in [-0.4, -0.2) is 118 Å². The predicted octanol–water partition coefficient (Wildman–Crippen LogP) is -2.09. The SMILES string of the molecule is CCN1CCN(CCCNC(=O)[C@H]2CN(S(C)(=O)=O)C[C@@]23OCCNC3=O)CC1. The summed E-state index contributed by atoms with van der Waals surface area (Å²) in [4.78, 5) is 30.2. The number of nitrogens with zero attached hydrogens (tertiary/aromatic N) is 3. The minimum atomic E-state index is -3.53. The lowest BCUT2D eigenvalue weighted by Crippen LogP contribution is -2.62. The van der Waals surface area contributed by atoms with Crippen LogP contribution < -0.4 is 10.6 Å². The fourth-order valence-electron chi connectivity index (χ4n) is 4.29. The van der Waals surface area contributed by atoms with Crippen LogP contribution in [0.3, 0.4) is 0 Å². The maximum Gasteiger partial charge on any atom is 0.254 e. The van der Waals surface area contributed by atoms with Gasteiger partial charge in [-0.15, -0.1) is 0 Å². The van der Waals surface area contributed by atoms with Crippen LogP contribution >= 0.6 is 0 Å². The van der Waals surface area contributed by atoms with Crippen LogP contribution in [0, 0.1) is 5.92 Å². The van der Waals surface area contributed by atoms with E-state index in [1.165, 1.54) is 0 Å². The highest BCUT2D eigenvalue weighted by molar-refractivity contribution is 7.88. The van der Waals surface area contributed by atoms with E-state index in [9.17, 15) is 18.0 Å². The number of ether oxygens (including phenoxy) is 1. The van der Waals surface area contributed by atoms with Gasteiger partial charge in [0, 0.05) is 45.8 Å². The molecule has 0 saturated carbocycles. The first kappa shape index (κ1) is 22.4. The zero-order valence-corrected chi connectivity index (χ0v) is 18.2. The third kappa shape index (κ3) is 5.08. The molecule has 166 valence electrons. The van der Waals surface area contributed by atoms with Gasteiger partial charge in [-0.3, -0.25) is 9.59 Å². The number of likely N-dealkylation sites (N-methyl/N-ethyl adjacent to an activating group) is 1. The highest BCUT2D eigenvalue weighted by Crippen LogP contribution is 2.34. The Balaban J connectivity index is 1.53. The van der Waals surface area contributed by atoms with Gasteiger partial charge in [0.25, 0.3) is 5.91 Å². The molecule has 1 spiro atoms. The van der Waals surface area contributed by atoms with Crippen molar-refractivity contribution in [3.05, 3.63) is 0 Å². The fraction of sp³-hybridized carbons (Fsp3) is 0.889. The Bertz CT molecular complexity index is 709. The first-order chi connectivity index (χ1) is 13.8. The van der Waals surface area contributed by atoms with E-state index in [0.29, 0.717) is 13.1 Å². The van der Waals surface area contributed by atoms with Gasteiger partial charge in [-0.25, -0.2) is 8.42 Å². The van der Waals surface area contributed by atoms with Crippen LogP contribution in [0.2, 0.25) is 0 Å². The average Bonchev–Trinajstić information content (AvgIpc) is 3.09. The molecule has 0 unspecified atom stereocenters. The first-order valence-corrected chi connectivity index (χ1v) is 12.2. The number of hydrogen-bond donors (Lipinski definition) is 2. The van der Waals surface area contributed by atoms with Gasteiger partial charge in [0.15, 0.2) is 5.60 Å². The number of hydrogen-bond acceptors (Lipinski definition) is 7. The maximum absolute atomic E-state index is 12.9. The summed E-state index contributed by atoms with van der Waals surface area (Å²) in [7, 11) is -3.53. The van der Waals surface area contributed by atoms with Gasteiger partial charge in [0.1, 0.15) is 0 Å². The summed E-state index contributed by atoms with van der Waals surface area (Å²) in [6, 6.07) is 0. The lowest BCUT2D eigenvalue weighted by atomic mass is 9.87. The number of rotatable bonds is 7. The Morgan fingerprint density at radius 2 is 1.97 bits per heavy atom. The zero-order chi connectivity index (χ0) is 21.1. The monoisotopic (exact) mass is 431 g/mol. The molecule has 11 heteroatoms. The van der Waals surface area contributed by atoms with Gasteiger partial charge in [-0.1, -0.05) is 6.92 Å². The molecule has 0 aliphatic carbocycles. The third-order valence-corrected chi connectivity index (χ3v) is 7.36. The van der Waals surface area contributed by atoms with Crippen molar-refractivity contribution < 1.29 is 22.7 Å². The van der Waals surface area contributed by atoms with Gasteiger partial charge in [-0.05, 0) is 19.5 Å². The molecule has 0 bridgehead atoms. The van der Waals surface area contributed by atoms with E-state index >= 15 is 0 Å². The molecule has 3 aliphatic rings. The lowest BCUT2D eigenvalue weighted by Gasteiger charge is -2.36. The number of carbonyl (C=O) groups excluding carboxylic acids is 2. The van der Waals surface area contributed by atoms with Crippen molar-refractivity contribution in [2.24, 2.45) is 5.92 Å². The quantitative estimate of drug-likeness (QED) is 0.445. The average molecular weight is 432 g/mol. The number of carbonyl (C=O) groups is 2. The van der Waals surface area contributed by atoms with E-state index in [0.717, 1.165) is 56.3 Å². The Labute approximate surface area is 173 Å². The Hall–Kier alpha value is -1.27. The predicted molar refractivity (Wildman–Crippen MR) is 108 cm³/mol. The molecule has 0 aromatic rings. The van der Waals surface area contributed by atoms with Crippen LogP contribution in [-0.2, 0) is 24.3 Å². The fourth-order valence-corrected chi connectivity index (χ4v) is 5.14. The van der Waals surface area contributed by atoms with Crippen LogP contribution in [0.5, 0.6) is 0 Å². The van der Waals surface area contributed by atoms with E-state index in [1.807, 2.05) is 0 Å². The largest absolute Gasteiger partial charge is 0.361 e. The van der Waals surface area contributed by atoms with E-state index in [2.05, 4.69) is 27.4 Å². The molecule has 0 aromatic heterocycles. The second-order valence-corrected chi connectivity index (χ2v) is 10.0. The van der Waals surface area contributed by atoms with Crippen molar-refractivity contribution >= 4 is 21.8 Å². The van der Waals surface area contributed by atoms with Crippen molar-refractivity contribution in [2.75, 3.05) is 78.3 Å². The van der Waals surface area contributed by atoms with Crippen LogP contribution in [0.4, 0.5) is 0 Å². The smallest absolute Gasteiger partial charge is 0.254 e. The number of piperazine rings is 1. The number of sulfonamides is 1. The van der Waals surface area contributed by atoms with Crippen LogP contribution in [0.15, 0.2) is 0 Å². The molecule has 0 aromatic carbocycles. The number of amides is 2. The van der Waals surface area contributed by atoms with Gasteiger partial charge in [-0.2, -0.15) is 4.31 Å². The van der Waals surface area contributed by atoms with Crippen molar-refractivity contribution in [1.29, 1.82) is 0 Å². The lowest BCUT2D eigenvalue weighted by molar-refractivity contribution is -0.163. The molecule has 2 atom stereocenters. The summed E-state index contributed by atoms with van der Waals surface area (Å²) < 4.78 is 30.9. The molecule has 2 amide bonds. The molecule has 3 aliphatic heterocycles. The Morgan fingerprint density at radius 1 is 1.28 bits per heavy atom. The topological polar surface area (TPSA) is 111 Å². The van der Waals surface area contributed by atoms with Crippen molar-refractivity contribution in [2.45, 2.75) is 18.9 Å². The van der Waals surface area contributed by atoms with Crippen molar-refractivity contribution in [1.82, 2.24) is 24.7 Å². The summed E-state index contributed by atoms with van der Waals surface area (Å²) in [5.41, 5.74) is -1.44.